The first-order chi connectivity index (χ1) is 14.0. The number of amides is 1. The number of fused-ring (bicyclic) bond motifs is 1. The van der Waals surface area contributed by atoms with Gasteiger partial charge in [-0.25, -0.2) is 9.67 Å². The Morgan fingerprint density at radius 1 is 1.28 bits per heavy atom. The normalized spacial score (nSPS) is 20.1. The van der Waals surface area contributed by atoms with Gasteiger partial charge in [0.25, 0.3) is 5.56 Å². The number of aromatic nitrogens is 4. The van der Waals surface area contributed by atoms with E-state index in [4.69, 9.17) is 4.74 Å². The van der Waals surface area contributed by atoms with Crippen molar-refractivity contribution in [1.29, 1.82) is 0 Å². The number of nitrogens with zero attached hydrogens (tertiary/aromatic N) is 5. The average molecular weight is 414 g/mol. The topological polar surface area (TPSA) is 102 Å². The summed E-state index contributed by atoms with van der Waals surface area (Å²) in [7, 11) is 0. The van der Waals surface area contributed by atoms with Gasteiger partial charge in [-0.1, -0.05) is 17.3 Å². The Morgan fingerprint density at radius 3 is 2.83 bits per heavy atom. The van der Waals surface area contributed by atoms with Crippen LogP contribution in [0.2, 0.25) is 0 Å². The van der Waals surface area contributed by atoms with E-state index in [1.54, 1.807) is 24.3 Å². The number of rotatable bonds is 5. The van der Waals surface area contributed by atoms with Gasteiger partial charge in [-0.3, -0.25) is 14.5 Å². The molecule has 9 nitrogen and oxygen atoms in total. The van der Waals surface area contributed by atoms with E-state index >= 15 is 0 Å². The largest absolute Gasteiger partial charge is 0.373 e. The van der Waals surface area contributed by atoms with Crippen LogP contribution < -0.4 is 10.9 Å². The summed E-state index contributed by atoms with van der Waals surface area (Å²) < 4.78 is 6.81. The van der Waals surface area contributed by atoms with Crippen molar-refractivity contribution >= 4 is 33.3 Å². The number of carbonyl (C=O) groups is 1. The van der Waals surface area contributed by atoms with Crippen molar-refractivity contribution in [3.8, 4) is 0 Å². The van der Waals surface area contributed by atoms with Crippen LogP contribution in [0.5, 0.6) is 0 Å². The number of benzene rings is 1. The van der Waals surface area contributed by atoms with E-state index in [1.807, 2.05) is 5.38 Å². The molecule has 2 atom stereocenters. The summed E-state index contributed by atoms with van der Waals surface area (Å²) in [5.74, 6) is -0.369. The maximum Gasteiger partial charge on any atom is 0.278 e. The van der Waals surface area contributed by atoms with Crippen LogP contribution in [-0.4, -0.2) is 56.1 Å². The van der Waals surface area contributed by atoms with Crippen molar-refractivity contribution in [1.82, 2.24) is 24.9 Å². The predicted molar refractivity (Wildman–Crippen MR) is 110 cm³/mol. The summed E-state index contributed by atoms with van der Waals surface area (Å²) in [5, 5.41) is 13.4. The summed E-state index contributed by atoms with van der Waals surface area (Å²) >= 11 is 1.36. The van der Waals surface area contributed by atoms with Crippen molar-refractivity contribution in [2.45, 2.75) is 39.1 Å². The predicted octanol–water partition coefficient (Wildman–Crippen LogP) is 1.50. The fraction of sp³-hybridized carbons (Fsp3) is 0.421. The van der Waals surface area contributed by atoms with E-state index in [9.17, 15) is 9.59 Å². The van der Waals surface area contributed by atoms with Crippen LogP contribution in [-0.2, 0) is 22.6 Å². The van der Waals surface area contributed by atoms with Gasteiger partial charge in [-0.05, 0) is 26.0 Å². The monoisotopic (exact) mass is 414 g/mol. The van der Waals surface area contributed by atoms with Gasteiger partial charge in [0.15, 0.2) is 5.13 Å². The third kappa shape index (κ3) is 4.66. The van der Waals surface area contributed by atoms with Crippen LogP contribution in [0.1, 0.15) is 19.5 Å². The highest BCUT2D eigenvalue weighted by Crippen LogP contribution is 2.19. The molecule has 0 aliphatic carbocycles. The molecule has 10 heteroatoms. The van der Waals surface area contributed by atoms with Crippen molar-refractivity contribution in [2.24, 2.45) is 0 Å². The van der Waals surface area contributed by atoms with E-state index in [0.717, 1.165) is 23.5 Å². The molecule has 3 heterocycles. The van der Waals surface area contributed by atoms with Crippen LogP contribution in [0.4, 0.5) is 5.13 Å². The zero-order valence-corrected chi connectivity index (χ0v) is 17.1. The van der Waals surface area contributed by atoms with E-state index in [-0.39, 0.29) is 30.2 Å². The number of anilines is 1. The van der Waals surface area contributed by atoms with Crippen LogP contribution in [0, 0.1) is 0 Å². The van der Waals surface area contributed by atoms with Gasteiger partial charge in [0.2, 0.25) is 5.91 Å². The van der Waals surface area contributed by atoms with Gasteiger partial charge >= 0.3 is 0 Å². The van der Waals surface area contributed by atoms with Gasteiger partial charge < -0.3 is 10.1 Å². The number of hydrogen-bond donors (Lipinski definition) is 1. The molecule has 1 fully saturated rings. The summed E-state index contributed by atoms with van der Waals surface area (Å²) in [6, 6.07) is 6.91. The Bertz CT molecular complexity index is 1070. The Hall–Kier alpha value is -2.69. The third-order valence-corrected chi connectivity index (χ3v) is 5.41. The van der Waals surface area contributed by atoms with Crippen LogP contribution >= 0.6 is 11.3 Å². The molecular formula is C19H22N6O3S. The minimum Gasteiger partial charge on any atom is -0.373 e. The fourth-order valence-electron chi connectivity index (χ4n) is 3.50. The fourth-order valence-corrected chi connectivity index (χ4v) is 4.22. The van der Waals surface area contributed by atoms with E-state index in [0.29, 0.717) is 22.6 Å². The first-order valence-electron chi connectivity index (χ1n) is 9.42. The maximum atomic E-state index is 12.4. The summed E-state index contributed by atoms with van der Waals surface area (Å²) in [4.78, 5) is 31.6. The lowest BCUT2D eigenvalue weighted by atomic mass is 10.2. The average Bonchev–Trinajstić information content (AvgIpc) is 3.10. The molecule has 1 N–H and O–H groups in total. The molecule has 2 unspecified atom stereocenters. The maximum absolute atomic E-state index is 12.4. The highest BCUT2D eigenvalue weighted by Gasteiger charge is 2.23. The van der Waals surface area contributed by atoms with E-state index in [2.05, 4.69) is 39.4 Å². The van der Waals surface area contributed by atoms with Gasteiger partial charge in [0, 0.05) is 25.0 Å². The number of hydrogen-bond acceptors (Lipinski definition) is 8. The van der Waals surface area contributed by atoms with Gasteiger partial charge in [-0.15, -0.1) is 16.4 Å². The summed E-state index contributed by atoms with van der Waals surface area (Å²) in [6.07, 6.45) is 0.385. The first kappa shape index (κ1) is 19.6. The van der Waals surface area contributed by atoms with Crippen LogP contribution in [0.3, 0.4) is 0 Å². The minimum absolute atomic E-state index is 0.193. The molecular weight excluding hydrogens is 392 g/mol. The SMILES string of the molecule is CC1CN(Cc2csc(NC(=O)Cn3nnc4ccccc4c3=O)n2)CC(C)O1. The molecule has 1 aliphatic rings. The zero-order chi connectivity index (χ0) is 20.4. The van der Waals surface area contributed by atoms with Gasteiger partial charge in [0.05, 0.1) is 23.3 Å². The van der Waals surface area contributed by atoms with Gasteiger partial charge in [0.1, 0.15) is 12.1 Å². The molecule has 3 aromatic rings. The van der Waals surface area contributed by atoms with Gasteiger partial charge in [-0.2, -0.15) is 0 Å². The van der Waals surface area contributed by atoms with Crippen LogP contribution in [0.15, 0.2) is 34.4 Å². The Balaban J connectivity index is 1.38. The molecule has 4 rings (SSSR count). The zero-order valence-electron chi connectivity index (χ0n) is 16.2. The van der Waals surface area contributed by atoms with Crippen molar-refractivity contribution in [2.75, 3.05) is 18.4 Å². The highest BCUT2D eigenvalue weighted by atomic mass is 32.1. The number of morpholine rings is 1. The Morgan fingerprint density at radius 2 is 2.03 bits per heavy atom. The Labute approximate surface area is 171 Å². The second-order valence-electron chi connectivity index (χ2n) is 7.21. The number of nitrogens with one attached hydrogen (secondary N) is 1. The first-order valence-corrected chi connectivity index (χ1v) is 10.3. The third-order valence-electron chi connectivity index (χ3n) is 4.60. The molecule has 0 saturated carbocycles. The number of carbonyl (C=O) groups excluding carboxylic acids is 1. The lowest BCUT2D eigenvalue weighted by Crippen LogP contribution is -2.44. The van der Waals surface area contributed by atoms with Crippen molar-refractivity contribution < 1.29 is 9.53 Å². The minimum atomic E-state index is -0.369. The molecule has 29 heavy (non-hydrogen) atoms. The highest BCUT2D eigenvalue weighted by molar-refractivity contribution is 7.13. The Kier molecular flexibility index (Phi) is 5.65. The molecule has 152 valence electrons. The van der Waals surface area contributed by atoms with E-state index in [1.165, 1.54) is 11.3 Å². The molecule has 0 spiro atoms. The van der Waals surface area contributed by atoms with Crippen molar-refractivity contribution in [3.05, 3.63) is 45.7 Å². The second kappa shape index (κ2) is 8.36. The summed E-state index contributed by atoms with van der Waals surface area (Å²) in [6.45, 7) is 6.32. The molecule has 2 aromatic heterocycles. The lowest BCUT2D eigenvalue weighted by Gasteiger charge is -2.34. The second-order valence-corrected chi connectivity index (χ2v) is 8.07. The number of thiazole rings is 1. The van der Waals surface area contributed by atoms with E-state index < -0.39 is 0 Å². The molecule has 1 amide bonds. The molecule has 0 bridgehead atoms. The molecule has 0 radical (unpaired) electrons. The van der Waals surface area contributed by atoms with Crippen molar-refractivity contribution in [3.63, 3.8) is 0 Å². The molecule has 1 aromatic carbocycles. The quantitative estimate of drug-likeness (QED) is 0.675. The standard InChI is InChI=1S/C19H22N6O3S/c1-12-7-24(8-13(2)28-12)9-14-11-29-19(20-14)21-17(26)10-25-18(27)15-5-3-4-6-16(15)22-23-25/h3-6,11-13H,7-10H2,1-2H3,(H,20,21,26). The number of ether oxygens (including phenoxy) is 1. The van der Waals surface area contributed by atoms with Crippen LogP contribution in [0.25, 0.3) is 10.9 Å². The summed E-state index contributed by atoms with van der Waals surface area (Å²) in [5.41, 5.74) is 1.06. The smallest absolute Gasteiger partial charge is 0.278 e. The lowest BCUT2D eigenvalue weighted by molar-refractivity contribution is -0.117. The molecule has 1 saturated heterocycles. The molecule has 1 aliphatic heterocycles.